The van der Waals surface area contributed by atoms with Gasteiger partial charge in [0.15, 0.2) is 0 Å². The van der Waals surface area contributed by atoms with Crippen molar-refractivity contribution >= 4 is 11.6 Å². The maximum absolute atomic E-state index is 12.0. The molecule has 4 heteroatoms. The van der Waals surface area contributed by atoms with Gasteiger partial charge >= 0.3 is 0 Å². The van der Waals surface area contributed by atoms with E-state index in [2.05, 4.69) is 5.32 Å². The number of rotatable bonds is 8. The number of amides is 1. The Hall–Kier alpha value is -1.55. The number of hydrogen-bond donors (Lipinski definition) is 2. The van der Waals surface area contributed by atoms with Gasteiger partial charge in [-0.15, -0.1) is 0 Å². The zero-order valence-electron chi connectivity index (χ0n) is 12.7. The monoisotopic (exact) mass is 278 g/mol. The first kappa shape index (κ1) is 16.5. The van der Waals surface area contributed by atoms with Gasteiger partial charge in [0.25, 0.3) is 0 Å². The van der Waals surface area contributed by atoms with Crippen LogP contribution in [0.5, 0.6) is 5.75 Å². The van der Waals surface area contributed by atoms with Crippen molar-refractivity contribution in [2.45, 2.75) is 46.1 Å². The molecule has 0 aromatic heterocycles. The van der Waals surface area contributed by atoms with E-state index >= 15 is 0 Å². The predicted molar refractivity (Wildman–Crippen MR) is 82.9 cm³/mol. The minimum atomic E-state index is 0.000295. The fourth-order valence-corrected chi connectivity index (χ4v) is 1.94. The summed E-state index contributed by atoms with van der Waals surface area (Å²) in [5.41, 5.74) is 6.51. The second-order valence-corrected chi connectivity index (χ2v) is 5.26. The van der Waals surface area contributed by atoms with Crippen LogP contribution in [0.3, 0.4) is 0 Å². The van der Waals surface area contributed by atoms with Gasteiger partial charge in [-0.25, -0.2) is 0 Å². The van der Waals surface area contributed by atoms with Gasteiger partial charge in [0, 0.05) is 17.6 Å². The average Bonchev–Trinajstić information content (AvgIpc) is 2.40. The Balaban J connectivity index is 2.40. The third-order valence-electron chi connectivity index (χ3n) is 3.18. The van der Waals surface area contributed by atoms with Crippen molar-refractivity contribution in [2.24, 2.45) is 11.7 Å². The summed E-state index contributed by atoms with van der Waals surface area (Å²) >= 11 is 0. The molecule has 1 aromatic rings. The summed E-state index contributed by atoms with van der Waals surface area (Å²) in [5.74, 6) is 0.870. The van der Waals surface area contributed by atoms with Crippen LogP contribution in [0, 0.1) is 5.92 Å². The van der Waals surface area contributed by atoms with Gasteiger partial charge < -0.3 is 15.8 Å². The quantitative estimate of drug-likeness (QED) is 0.767. The number of benzene rings is 1. The lowest BCUT2D eigenvalue weighted by Gasteiger charge is -2.13. The number of carbonyl (C=O) groups excluding carboxylic acids is 1. The van der Waals surface area contributed by atoms with Crippen LogP contribution in [0.2, 0.25) is 0 Å². The Kier molecular flexibility index (Phi) is 7.09. The molecule has 112 valence electrons. The highest BCUT2D eigenvalue weighted by atomic mass is 16.5. The molecule has 1 rings (SSSR count). The van der Waals surface area contributed by atoms with Crippen LogP contribution in [0.4, 0.5) is 5.69 Å². The van der Waals surface area contributed by atoms with Crippen LogP contribution >= 0.6 is 0 Å². The molecule has 1 amide bonds. The summed E-state index contributed by atoms with van der Waals surface area (Å²) in [4.78, 5) is 12.0. The van der Waals surface area contributed by atoms with E-state index in [0.717, 1.165) is 30.7 Å². The second-order valence-electron chi connectivity index (χ2n) is 5.26. The van der Waals surface area contributed by atoms with Crippen molar-refractivity contribution in [1.29, 1.82) is 0 Å². The fourth-order valence-electron chi connectivity index (χ4n) is 1.94. The zero-order chi connectivity index (χ0) is 15.0. The number of nitrogens with one attached hydrogen (secondary N) is 1. The van der Waals surface area contributed by atoms with Crippen LogP contribution in [0.1, 0.15) is 40.0 Å². The molecule has 0 aliphatic heterocycles. The molecule has 1 aromatic carbocycles. The van der Waals surface area contributed by atoms with Gasteiger partial charge in [0.05, 0.1) is 6.61 Å². The molecule has 3 N–H and O–H groups in total. The Morgan fingerprint density at radius 1 is 1.25 bits per heavy atom. The van der Waals surface area contributed by atoms with E-state index in [1.807, 2.05) is 45.0 Å². The number of carbonyl (C=O) groups is 1. The average molecular weight is 278 g/mol. The van der Waals surface area contributed by atoms with Gasteiger partial charge in [-0.1, -0.05) is 13.3 Å². The van der Waals surface area contributed by atoms with Gasteiger partial charge in [0.1, 0.15) is 5.75 Å². The van der Waals surface area contributed by atoms with E-state index in [4.69, 9.17) is 10.5 Å². The molecule has 0 fully saturated rings. The summed E-state index contributed by atoms with van der Waals surface area (Å²) in [7, 11) is 0. The molecule has 20 heavy (non-hydrogen) atoms. The SMILES string of the molecule is CCOc1ccc(NC(=O)C(C)CCCC(C)N)cc1. The lowest BCUT2D eigenvalue weighted by molar-refractivity contribution is -0.119. The van der Waals surface area contributed by atoms with E-state index in [9.17, 15) is 4.79 Å². The van der Waals surface area contributed by atoms with Crippen LogP contribution in [-0.4, -0.2) is 18.6 Å². The summed E-state index contributed by atoms with van der Waals surface area (Å²) in [6.07, 6.45) is 2.81. The molecule has 0 saturated heterocycles. The molecule has 0 aliphatic carbocycles. The predicted octanol–water partition coefficient (Wildman–Crippen LogP) is 3.18. The number of anilines is 1. The Labute approximate surface area is 121 Å². The molecule has 0 saturated carbocycles. The number of hydrogen-bond acceptors (Lipinski definition) is 3. The van der Waals surface area contributed by atoms with Crippen molar-refractivity contribution in [3.05, 3.63) is 24.3 Å². The Bertz CT molecular complexity index is 401. The third-order valence-corrected chi connectivity index (χ3v) is 3.18. The van der Waals surface area contributed by atoms with E-state index < -0.39 is 0 Å². The van der Waals surface area contributed by atoms with E-state index in [0.29, 0.717) is 6.61 Å². The van der Waals surface area contributed by atoms with Crippen molar-refractivity contribution in [2.75, 3.05) is 11.9 Å². The maximum Gasteiger partial charge on any atom is 0.227 e. The first-order valence-electron chi connectivity index (χ1n) is 7.32. The molecule has 0 radical (unpaired) electrons. The summed E-state index contributed by atoms with van der Waals surface area (Å²) < 4.78 is 5.36. The smallest absolute Gasteiger partial charge is 0.227 e. The third kappa shape index (κ3) is 6.06. The van der Waals surface area contributed by atoms with E-state index in [-0.39, 0.29) is 17.9 Å². The molecule has 0 heterocycles. The van der Waals surface area contributed by atoms with Crippen molar-refractivity contribution < 1.29 is 9.53 Å². The largest absolute Gasteiger partial charge is 0.494 e. The minimum Gasteiger partial charge on any atom is -0.494 e. The summed E-state index contributed by atoms with van der Waals surface area (Å²) in [6, 6.07) is 7.64. The highest BCUT2D eigenvalue weighted by molar-refractivity contribution is 5.92. The highest BCUT2D eigenvalue weighted by Gasteiger charge is 2.13. The maximum atomic E-state index is 12.0. The van der Waals surface area contributed by atoms with Crippen molar-refractivity contribution in [3.63, 3.8) is 0 Å². The number of ether oxygens (including phenoxy) is 1. The first-order chi connectivity index (χ1) is 9.52. The molecule has 0 bridgehead atoms. The topological polar surface area (TPSA) is 64.3 Å². The zero-order valence-corrected chi connectivity index (χ0v) is 12.7. The van der Waals surface area contributed by atoms with Gasteiger partial charge in [-0.2, -0.15) is 0 Å². The molecular weight excluding hydrogens is 252 g/mol. The lowest BCUT2D eigenvalue weighted by Crippen LogP contribution is -2.21. The second kappa shape index (κ2) is 8.59. The number of nitrogens with two attached hydrogens (primary N) is 1. The minimum absolute atomic E-state index is 0.000295. The molecule has 2 unspecified atom stereocenters. The van der Waals surface area contributed by atoms with Crippen molar-refractivity contribution in [1.82, 2.24) is 0 Å². The van der Waals surface area contributed by atoms with E-state index in [1.165, 1.54) is 0 Å². The van der Waals surface area contributed by atoms with Crippen LogP contribution < -0.4 is 15.8 Å². The van der Waals surface area contributed by atoms with Gasteiger partial charge in [-0.05, 0) is 51.0 Å². The molecule has 2 atom stereocenters. The Morgan fingerprint density at radius 3 is 2.45 bits per heavy atom. The molecule has 4 nitrogen and oxygen atoms in total. The molecular formula is C16H26N2O2. The van der Waals surface area contributed by atoms with Crippen LogP contribution in [0.15, 0.2) is 24.3 Å². The van der Waals surface area contributed by atoms with Crippen molar-refractivity contribution in [3.8, 4) is 5.75 Å². The first-order valence-corrected chi connectivity index (χ1v) is 7.32. The normalized spacial score (nSPS) is 13.6. The standard InChI is InChI=1S/C16H26N2O2/c1-4-20-15-10-8-14(9-11-15)18-16(19)12(2)6-5-7-13(3)17/h8-13H,4-7,17H2,1-3H3,(H,18,19). The fraction of sp³-hybridized carbons (Fsp3) is 0.562. The van der Waals surface area contributed by atoms with Gasteiger partial charge in [0.2, 0.25) is 5.91 Å². The lowest BCUT2D eigenvalue weighted by atomic mass is 10.0. The molecule has 0 aliphatic rings. The summed E-state index contributed by atoms with van der Waals surface area (Å²) in [5, 5.41) is 2.92. The van der Waals surface area contributed by atoms with E-state index in [1.54, 1.807) is 0 Å². The van der Waals surface area contributed by atoms with Crippen LogP contribution in [-0.2, 0) is 4.79 Å². The van der Waals surface area contributed by atoms with Gasteiger partial charge in [-0.3, -0.25) is 4.79 Å². The molecule has 0 spiro atoms. The summed E-state index contributed by atoms with van der Waals surface area (Å²) in [6.45, 7) is 6.53. The van der Waals surface area contributed by atoms with Crippen LogP contribution in [0.25, 0.3) is 0 Å². The Morgan fingerprint density at radius 2 is 1.90 bits per heavy atom. The highest BCUT2D eigenvalue weighted by Crippen LogP contribution is 2.17.